The molecule has 2 unspecified atom stereocenters. The quantitative estimate of drug-likeness (QED) is 0.149. The standard InChI is InChI=1S/C36H55N3O5Si/c1-45(2,3)22-20-39(36(42)43)25-30(23-27-11-6-4-7-12-27)37-31-32(34(41)33(31)40)38-19-10-15-29(24-38)35(28-13-8-5-9-14-28)44-21-18-26-16-17-26/h5,8-9,13-14,26-27,29-30,35,37H,4,6-7,10-12,15-25H2,1-3H3,(H,42,43)/t29?,30?,35-/m1/s1. The van der Waals surface area contributed by atoms with Gasteiger partial charge >= 0.3 is 6.09 Å². The third-order valence-corrected chi connectivity index (χ3v) is 12.0. The summed E-state index contributed by atoms with van der Waals surface area (Å²) in [4.78, 5) is 42.3. The second-order valence-corrected chi connectivity index (χ2v) is 20.9. The van der Waals surface area contributed by atoms with E-state index in [-0.39, 0.29) is 18.1 Å². The zero-order chi connectivity index (χ0) is 32.0. The molecule has 0 aromatic heterocycles. The van der Waals surface area contributed by atoms with Crippen molar-refractivity contribution < 1.29 is 14.6 Å². The highest BCUT2D eigenvalue weighted by molar-refractivity contribution is 6.76. The van der Waals surface area contributed by atoms with Crippen LogP contribution in [0.4, 0.5) is 16.2 Å². The summed E-state index contributed by atoms with van der Waals surface area (Å²) in [5, 5.41) is 13.6. The predicted molar refractivity (Wildman–Crippen MR) is 185 cm³/mol. The van der Waals surface area contributed by atoms with E-state index in [0.717, 1.165) is 63.6 Å². The summed E-state index contributed by atoms with van der Waals surface area (Å²) < 4.78 is 6.57. The van der Waals surface area contributed by atoms with E-state index in [9.17, 15) is 19.5 Å². The maximum absolute atomic E-state index is 13.2. The minimum atomic E-state index is -1.44. The molecule has 3 aliphatic rings. The first-order chi connectivity index (χ1) is 21.6. The molecular formula is C36H55N3O5Si. The van der Waals surface area contributed by atoms with Gasteiger partial charge in [-0.05, 0) is 49.1 Å². The van der Waals surface area contributed by atoms with Gasteiger partial charge in [-0.15, -0.1) is 0 Å². The maximum Gasteiger partial charge on any atom is 0.407 e. The number of benzene rings is 1. The molecule has 2 saturated carbocycles. The van der Waals surface area contributed by atoms with Crippen molar-refractivity contribution in [3.05, 3.63) is 56.3 Å². The zero-order valence-electron chi connectivity index (χ0n) is 27.8. The average Bonchev–Trinajstić information content (AvgIpc) is 3.86. The van der Waals surface area contributed by atoms with Crippen LogP contribution in [0, 0.1) is 17.8 Å². The van der Waals surface area contributed by atoms with Crippen LogP contribution >= 0.6 is 0 Å². The number of nitrogens with zero attached hydrogens (tertiary/aromatic N) is 2. The van der Waals surface area contributed by atoms with Gasteiger partial charge in [0.15, 0.2) is 0 Å². The summed E-state index contributed by atoms with van der Waals surface area (Å²) in [5.41, 5.74) is 1.16. The highest BCUT2D eigenvalue weighted by Crippen LogP contribution is 2.38. The van der Waals surface area contributed by atoms with Crippen LogP contribution in [0.15, 0.2) is 39.9 Å². The van der Waals surface area contributed by atoms with Gasteiger partial charge < -0.3 is 25.0 Å². The molecule has 2 aromatic carbocycles. The first kappa shape index (κ1) is 33.7. The van der Waals surface area contributed by atoms with Gasteiger partial charge in [-0.25, -0.2) is 4.79 Å². The fourth-order valence-electron chi connectivity index (χ4n) is 7.40. The fraction of sp³-hybridized carbons (Fsp3) is 0.694. The lowest BCUT2D eigenvalue weighted by atomic mass is 9.84. The van der Waals surface area contributed by atoms with Crippen LogP contribution in [0.5, 0.6) is 0 Å². The van der Waals surface area contributed by atoms with E-state index in [4.69, 9.17) is 4.74 Å². The Morgan fingerprint density at radius 3 is 2.40 bits per heavy atom. The topological polar surface area (TPSA) is 99.2 Å². The van der Waals surface area contributed by atoms with Crippen molar-refractivity contribution >= 4 is 25.5 Å². The number of amides is 1. The van der Waals surface area contributed by atoms with Crippen molar-refractivity contribution in [1.29, 1.82) is 0 Å². The number of nitrogens with one attached hydrogen (secondary N) is 1. The van der Waals surface area contributed by atoms with Crippen molar-refractivity contribution in [2.24, 2.45) is 17.8 Å². The molecule has 1 heterocycles. The van der Waals surface area contributed by atoms with Crippen LogP contribution in [0.3, 0.4) is 0 Å². The molecule has 5 rings (SSSR count). The van der Waals surface area contributed by atoms with Crippen molar-refractivity contribution in [3.8, 4) is 0 Å². The molecule has 0 radical (unpaired) electrons. The molecule has 2 N–H and O–H groups in total. The van der Waals surface area contributed by atoms with Crippen molar-refractivity contribution in [1.82, 2.24) is 4.90 Å². The molecule has 1 saturated heterocycles. The van der Waals surface area contributed by atoms with Crippen LogP contribution in [0.25, 0.3) is 0 Å². The minimum Gasteiger partial charge on any atom is -0.465 e. The number of carboxylic acid groups (broad SMARTS) is 1. The van der Waals surface area contributed by atoms with E-state index in [1.807, 2.05) is 6.07 Å². The summed E-state index contributed by atoms with van der Waals surface area (Å²) in [6.07, 6.45) is 11.4. The second-order valence-electron chi connectivity index (χ2n) is 15.3. The van der Waals surface area contributed by atoms with Crippen LogP contribution in [-0.2, 0) is 4.74 Å². The second kappa shape index (κ2) is 15.3. The van der Waals surface area contributed by atoms with Gasteiger partial charge in [0.05, 0.1) is 6.10 Å². The van der Waals surface area contributed by atoms with Gasteiger partial charge in [0.1, 0.15) is 11.4 Å². The van der Waals surface area contributed by atoms with Crippen LogP contribution < -0.4 is 21.1 Å². The third-order valence-electron chi connectivity index (χ3n) is 10.3. The highest BCUT2D eigenvalue weighted by atomic mass is 28.3. The van der Waals surface area contributed by atoms with Gasteiger partial charge in [0, 0.05) is 52.8 Å². The zero-order valence-corrected chi connectivity index (χ0v) is 28.8. The molecule has 45 heavy (non-hydrogen) atoms. The summed E-state index contributed by atoms with van der Waals surface area (Å²) in [6, 6.07) is 11.1. The number of piperidine rings is 1. The van der Waals surface area contributed by atoms with E-state index in [1.54, 1.807) is 0 Å². The third kappa shape index (κ3) is 9.44. The van der Waals surface area contributed by atoms with Crippen LogP contribution in [0.1, 0.15) is 82.3 Å². The molecular weight excluding hydrogens is 582 g/mol. The number of anilines is 2. The number of hydrogen-bond acceptors (Lipinski definition) is 6. The first-order valence-electron chi connectivity index (χ1n) is 17.6. The lowest BCUT2D eigenvalue weighted by molar-refractivity contribution is 0.00303. The van der Waals surface area contributed by atoms with Gasteiger partial charge in [-0.3, -0.25) is 9.59 Å². The van der Waals surface area contributed by atoms with Crippen LogP contribution in [-0.4, -0.2) is 63.0 Å². The molecule has 0 spiro atoms. The Bertz CT molecular complexity index is 1310. The normalized spacial score (nSPS) is 21.0. The first-order valence-corrected chi connectivity index (χ1v) is 21.3. The Kier molecular flexibility index (Phi) is 11.5. The number of ether oxygens (including phenoxy) is 1. The van der Waals surface area contributed by atoms with Crippen molar-refractivity contribution in [2.45, 2.75) is 108 Å². The lowest BCUT2D eigenvalue weighted by Gasteiger charge is -2.40. The Hall–Kier alpha value is -2.65. The molecule has 2 aromatic rings. The number of hydrogen-bond donors (Lipinski definition) is 2. The summed E-state index contributed by atoms with van der Waals surface area (Å²) in [6.45, 7) is 9.73. The molecule has 248 valence electrons. The Labute approximate surface area is 270 Å². The molecule has 8 nitrogen and oxygen atoms in total. The number of carbonyl (C=O) groups is 1. The number of rotatable bonds is 16. The molecule has 1 amide bonds. The van der Waals surface area contributed by atoms with Gasteiger partial charge in [-0.1, -0.05) is 94.9 Å². The monoisotopic (exact) mass is 637 g/mol. The van der Waals surface area contributed by atoms with Crippen LogP contribution in [0.2, 0.25) is 25.7 Å². The smallest absolute Gasteiger partial charge is 0.407 e. The van der Waals surface area contributed by atoms with Gasteiger partial charge in [0.25, 0.3) is 10.9 Å². The van der Waals surface area contributed by atoms with Gasteiger partial charge in [0.2, 0.25) is 0 Å². The highest BCUT2D eigenvalue weighted by Gasteiger charge is 2.36. The minimum absolute atomic E-state index is 0.0508. The molecule has 3 fully saturated rings. The average molecular weight is 638 g/mol. The van der Waals surface area contributed by atoms with E-state index in [0.29, 0.717) is 36.9 Å². The largest absolute Gasteiger partial charge is 0.465 e. The van der Waals surface area contributed by atoms with Crippen molar-refractivity contribution in [3.63, 3.8) is 0 Å². The van der Waals surface area contributed by atoms with E-state index in [1.165, 1.54) is 42.6 Å². The molecule has 3 atom stereocenters. The van der Waals surface area contributed by atoms with E-state index in [2.05, 4.69) is 54.1 Å². The Balaban J connectivity index is 1.33. The maximum atomic E-state index is 13.2. The molecule has 0 bridgehead atoms. The SMILES string of the molecule is C[Si](C)(C)CCN(CC(CC1CCCCC1)Nc1c(N2CCCC([C@H](OCCC3CC3)c3ccccc3)C2)c(=O)c1=O)C(=O)O. The molecule has 1 aliphatic heterocycles. The summed E-state index contributed by atoms with van der Waals surface area (Å²) >= 11 is 0. The van der Waals surface area contributed by atoms with E-state index >= 15 is 0 Å². The van der Waals surface area contributed by atoms with Gasteiger partial charge in [-0.2, -0.15) is 0 Å². The van der Waals surface area contributed by atoms with E-state index < -0.39 is 25.0 Å². The summed E-state index contributed by atoms with van der Waals surface area (Å²) in [7, 11) is -1.44. The summed E-state index contributed by atoms with van der Waals surface area (Å²) in [5.74, 6) is 1.51. The Morgan fingerprint density at radius 2 is 1.73 bits per heavy atom. The molecule has 2 aliphatic carbocycles. The molecule has 9 heteroatoms. The Morgan fingerprint density at radius 1 is 1.00 bits per heavy atom. The van der Waals surface area contributed by atoms with Crippen molar-refractivity contribution in [2.75, 3.05) is 43.0 Å². The predicted octanol–water partition coefficient (Wildman–Crippen LogP) is 7.13. The fourth-order valence-corrected chi connectivity index (χ4v) is 8.34. The lowest BCUT2D eigenvalue weighted by Crippen LogP contribution is -2.49.